The molecule has 2 aromatic carbocycles. The molecule has 2 N–H and O–H groups in total. The van der Waals surface area contributed by atoms with Gasteiger partial charge >= 0.3 is 11.9 Å². The van der Waals surface area contributed by atoms with E-state index in [9.17, 15) is 19.2 Å². The molecule has 2 amide bonds. The fourth-order valence-corrected chi connectivity index (χ4v) is 2.99. The summed E-state index contributed by atoms with van der Waals surface area (Å²) in [6, 6.07) is 12.0. The Kier molecular flexibility index (Phi) is 10.8. The smallest absolute Gasteiger partial charge is 0.338 e. The summed E-state index contributed by atoms with van der Waals surface area (Å²) >= 11 is 0. The molecule has 0 aliphatic heterocycles. The summed E-state index contributed by atoms with van der Waals surface area (Å²) in [6.07, 6.45) is 2.18. The van der Waals surface area contributed by atoms with Crippen LogP contribution in [0.15, 0.2) is 42.5 Å². The quantitative estimate of drug-likeness (QED) is 0.349. The molecule has 0 fully saturated rings. The molecule has 0 aromatic heterocycles. The maximum atomic E-state index is 12.1. The highest BCUT2D eigenvalue weighted by atomic mass is 16.5. The molecule has 0 atom stereocenters. The van der Waals surface area contributed by atoms with Crippen LogP contribution in [-0.4, -0.2) is 37.0 Å². The Morgan fingerprint density at radius 1 is 0.824 bits per heavy atom. The number of amides is 2. The van der Waals surface area contributed by atoms with Gasteiger partial charge in [0.05, 0.1) is 12.2 Å². The van der Waals surface area contributed by atoms with E-state index < -0.39 is 17.8 Å². The average molecular weight is 469 g/mol. The molecule has 0 aliphatic rings. The summed E-state index contributed by atoms with van der Waals surface area (Å²) in [5, 5.41) is 5.44. The maximum absolute atomic E-state index is 12.1. The fraction of sp³-hybridized carbons (Fsp3) is 0.385. The Bertz CT molecular complexity index is 1000. The molecular formula is C26H32N2O6. The van der Waals surface area contributed by atoms with Gasteiger partial charge in [0.1, 0.15) is 0 Å². The number of carbonyl (C=O) groups is 4. The number of hydrogen-bond donors (Lipinski definition) is 2. The van der Waals surface area contributed by atoms with Crippen LogP contribution in [0, 0.1) is 13.8 Å². The molecule has 182 valence electrons. The Hall–Kier alpha value is -3.68. The molecule has 34 heavy (non-hydrogen) atoms. The topological polar surface area (TPSA) is 111 Å². The number of nitrogens with one attached hydrogen (secondary N) is 2. The van der Waals surface area contributed by atoms with Crippen LogP contribution in [-0.2, 0) is 23.9 Å². The summed E-state index contributed by atoms with van der Waals surface area (Å²) in [5.41, 5.74) is 3.64. The zero-order valence-electron chi connectivity index (χ0n) is 19.9. The van der Waals surface area contributed by atoms with Crippen molar-refractivity contribution in [1.82, 2.24) is 0 Å². The SMILES string of the molecule is CCCCOC(=O)c1ccc(NC(=O)CCCC(=O)OCC(=O)Nc2cccc(C)c2C)cc1. The van der Waals surface area contributed by atoms with Gasteiger partial charge in [-0.05, 0) is 68.1 Å². The minimum Gasteiger partial charge on any atom is -0.462 e. The van der Waals surface area contributed by atoms with Crippen molar-refractivity contribution < 1.29 is 28.7 Å². The van der Waals surface area contributed by atoms with E-state index >= 15 is 0 Å². The van der Waals surface area contributed by atoms with Crippen LogP contribution < -0.4 is 10.6 Å². The first-order valence-corrected chi connectivity index (χ1v) is 11.4. The van der Waals surface area contributed by atoms with E-state index in [2.05, 4.69) is 10.6 Å². The van der Waals surface area contributed by atoms with E-state index in [-0.39, 0.29) is 31.8 Å². The second-order valence-electron chi connectivity index (χ2n) is 7.92. The van der Waals surface area contributed by atoms with Crippen LogP contribution in [0.3, 0.4) is 0 Å². The highest BCUT2D eigenvalue weighted by Crippen LogP contribution is 2.18. The normalized spacial score (nSPS) is 10.3. The van der Waals surface area contributed by atoms with Crippen molar-refractivity contribution in [3.05, 3.63) is 59.2 Å². The Morgan fingerprint density at radius 2 is 1.56 bits per heavy atom. The summed E-state index contributed by atoms with van der Waals surface area (Å²) < 4.78 is 10.1. The Morgan fingerprint density at radius 3 is 2.26 bits per heavy atom. The van der Waals surface area contributed by atoms with Crippen molar-refractivity contribution in [2.75, 3.05) is 23.8 Å². The number of benzene rings is 2. The first kappa shape index (κ1) is 26.6. The predicted molar refractivity (Wildman–Crippen MR) is 130 cm³/mol. The third-order valence-corrected chi connectivity index (χ3v) is 5.16. The summed E-state index contributed by atoms with van der Waals surface area (Å²) in [5.74, 6) is -1.63. The molecule has 0 radical (unpaired) electrons. The first-order chi connectivity index (χ1) is 16.3. The van der Waals surface area contributed by atoms with E-state index in [1.165, 1.54) is 0 Å². The minimum atomic E-state index is -0.546. The lowest BCUT2D eigenvalue weighted by molar-refractivity contribution is -0.147. The van der Waals surface area contributed by atoms with Crippen LogP contribution in [0.4, 0.5) is 11.4 Å². The van der Waals surface area contributed by atoms with Gasteiger partial charge in [0.25, 0.3) is 5.91 Å². The second kappa shape index (κ2) is 13.8. The number of esters is 2. The molecule has 0 aliphatic carbocycles. The molecule has 8 heteroatoms. The first-order valence-electron chi connectivity index (χ1n) is 11.4. The molecule has 0 unspecified atom stereocenters. The van der Waals surface area contributed by atoms with Crippen LogP contribution >= 0.6 is 0 Å². The molecule has 0 saturated heterocycles. The van der Waals surface area contributed by atoms with Crippen LogP contribution in [0.25, 0.3) is 0 Å². The van der Waals surface area contributed by atoms with Crippen molar-refractivity contribution in [3.8, 4) is 0 Å². The number of carbonyl (C=O) groups excluding carboxylic acids is 4. The highest BCUT2D eigenvalue weighted by Gasteiger charge is 2.12. The Balaban J connectivity index is 1.65. The van der Waals surface area contributed by atoms with Crippen LogP contribution in [0.1, 0.15) is 60.5 Å². The highest BCUT2D eigenvalue weighted by molar-refractivity contribution is 5.94. The van der Waals surface area contributed by atoms with Gasteiger partial charge in [0, 0.05) is 24.2 Å². The lowest BCUT2D eigenvalue weighted by Crippen LogP contribution is -2.21. The molecular weight excluding hydrogens is 436 g/mol. The second-order valence-corrected chi connectivity index (χ2v) is 7.92. The molecule has 0 saturated carbocycles. The lowest BCUT2D eigenvalue weighted by Gasteiger charge is -2.10. The van der Waals surface area contributed by atoms with Crippen molar-refractivity contribution in [1.29, 1.82) is 0 Å². The van der Waals surface area contributed by atoms with Gasteiger partial charge in [-0.2, -0.15) is 0 Å². The average Bonchev–Trinajstić information content (AvgIpc) is 2.81. The minimum absolute atomic E-state index is 0.0205. The van der Waals surface area contributed by atoms with Gasteiger partial charge in [-0.3, -0.25) is 14.4 Å². The van der Waals surface area contributed by atoms with Gasteiger partial charge in [0.2, 0.25) is 5.91 Å². The number of unbranched alkanes of at least 4 members (excludes halogenated alkanes) is 1. The van der Waals surface area contributed by atoms with Crippen molar-refractivity contribution in [2.45, 2.75) is 52.9 Å². The van der Waals surface area contributed by atoms with E-state index in [4.69, 9.17) is 9.47 Å². The van der Waals surface area contributed by atoms with Crippen molar-refractivity contribution in [3.63, 3.8) is 0 Å². The zero-order valence-corrected chi connectivity index (χ0v) is 19.9. The number of rotatable bonds is 12. The maximum Gasteiger partial charge on any atom is 0.338 e. The fourth-order valence-electron chi connectivity index (χ4n) is 2.99. The van der Waals surface area contributed by atoms with Gasteiger partial charge in [-0.25, -0.2) is 4.79 Å². The van der Waals surface area contributed by atoms with Gasteiger partial charge in [0.15, 0.2) is 6.61 Å². The molecule has 2 aromatic rings. The predicted octanol–water partition coefficient (Wildman–Crippen LogP) is 4.55. The largest absolute Gasteiger partial charge is 0.462 e. The third-order valence-electron chi connectivity index (χ3n) is 5.16. The standard InChI is InChI=1S/C26H32N2O6/c1-4-5-16-33-26(32)20-12-14-21(15-13-20)27-23(29)10-7-11-25(31)34-17-24(30)28-22-9-6-8-18(2)19(22)3/h6,8-9,12-15H,4-5,7,10-11,16-17H2,1-3H3,(H,27,29)(H,28,30). The number of hydrogen-bond acceptors (Lipinski definition) is 6. The van der Waals surface area contributed by atoms with Crippen molar-refractivity contribution in [2.24, 2.45) is 0 Å². The lowest BCUT2D eigenvalue weighted by atomic mass is 10.1. The number of ether oxygens (including phenoxy) is 2. The molecule has 0 heterocycles. The van der Waals surface area contributed by atoms with Crippen LogP contribution in [0.2, 0.25) is 0 Å². The van der Waals surface area contributed by atoms with E-state index in [1.807, 2.05) is 32.9 Å². The van der Waals surface area contributed by atoms with Crippen molar-refractivity contribution >= 4 is 35.1 Å². The van der Waals surface area contributed by atoms with Crippen LogP contribution in [0.5, 0.6) is 0 Å². The monoisotopic (exact) mass is 468 g/mol. The molecule has 2 rings (SSSR count). The summed E-state index contributed by atoms with van der Waals surface area (Å²) in [7, 11) is 0. The molecule has 8 nitrogen and oxygen atoms in total. The molecule has 0 bridgehead atoms. The van der Waals surface area contributed by atoms with E-state index in [0.29, 0.717) is 23.5 Å². The zero-order chi connectivity index (χ0) is 24.9. The van der Waals surface area contributed by atoms with Gasteiger partial charge in [-0.15, -0.1) is 0 Å². The Labute approximate surface area is 200 Å². The van der Waals surface area contributed by atoms with Gasteiger partial charge in [-0.1, -0.05) is 25.5 Å². The van der Waals surface area contributed by atoms with E-state index in [0.717, 1.165) is 24.0 Å². The number of aryl methyl sites for hydroxylation is 1. The van der Waals surface area contributed by atoms with E-state index in [1.54, 1.807) is 30.3 Å². The summed E-state index contributed by atoms with van der Waals surface area (Å²) in [4.78, 5) is 47.9. The molecule has 0 spiro atoms. The third kappa shape index (κ3) is 9.05. The van der Waals surface area contributed by atoms with Gasteiger partial charge < -0.3 is 20.1 Å². The summed E-state index contributed by atoms with van der Waals surface area (Å²) in [6.45, 7) is 5.86. The number of anilines is 2.